The van der Waals surface area contributed by atoms with Gasteiger partial charge in [-0.25, -0.2) is 19.9 Å². The molecule has 0 spiro atoms. The summed E-state index contributed by atoms with van der Waals surface area (Å²) in [5.41, 5.74) is 17.2. The summed E-state index contributed by atoms with van der Waals surface area (Å²) >= 11 is 0. The lowest BCUT2D eigenvalue weighted by molar-refractivity contribution is 1.18. The highest BCUT2D eigenvalue weighted by molar-refractivity contribution is 6.17. The third kappa shape index (κ3) is 7.02. The molecule has 0 amide bonds. The maximum atomic E-state index is 5.52. The Morgan fingerprint density at radius 3 is 1.46 bits per heavy atom. The van der Waals surface area contributed by atoms with E-state index in [1.807, 2.05) is 30.3 Å². The van der Waals surface area contributed by atoms with Crippen LogP contribution in [-0.2, 0) is 0 Å². The van der Waals surface area contributed by atoms with Gasteiger partial charge in [-0.3, -0.25) is 4.40 Å². The van der Waals surface area contributed by atoms with E-state index in [-0.39, 0.29) is 0 Å². The Morgan fingerprint density at radius 1 is 0.292 bits per heavy atom. The van der Waals surface area contributed by atoms with Crippen molar-refractivity contribution in [3.05, 3.63) is 237 Å². The van der Waals surface area contributed by atoms with Gasteiger partial charge in [-0.05, 0) is 52.6 Å². The van der Waals surface area contributed by atoms with Crippen molar-refractivity contribution in [2.45, 2.75) is 0 Å². The van der Waals surface area contributed by atoms with Gasteiger partial charge >= 0.3 is 0 Å². The fourth-order valence-electron chi connectivity index (χ4n) is 9.05. The molecule has 12 rings (SSSR count). The number of benzene rings is 8. The minimum Gasteiger partial charge on any atom is -0.298 e. The zero-order valence-electron chi connectivity index (χ0n) is 35.3. The molecule has 4 heterocycles. The largest absolute Gasteiger partial charge is 0.298 e. The van der Waals surface area contributed by atoms with Gasteiger partial charge in [0.25, 0.3) is 0 Å². The fourth-order valence-corrected chi connectivity index (χ4v) is 9.05. The average molecular weight is 830 g/mol. The lowest BCUT2D eigenvalue weighted by Gasteiger charge is -2.13. The van der Waals surface area contributed by atoms with Crippen LogP contribution in [0.15, 0.2) is 237 Å². The highest BCUT2D eigenvalue weighted by atomic mass is 15.0. The van der Waals surface area contributed by atoms with Gasteiger partial charge in [0.05, 0.1) is 34.0 Å². The molecular formula is C60H39N5. The molecule has 0 atom stereocenters. The summed E-state index contributed by atoms with van der Waals surface area (Å²) in [6.07, 6.45) is 2.16. The number of pyridine rings is 2. The first-order valence-corrected chi connectivity index (χ1v) is 21.9. The molecule has 0 saturated heterocycles. The highest BCUT2D eigenvalue weighted by Gasteiger charge is 2.21. The van der Waals surface area contributed by atoms with Crippen LogP contribution in [0, 0.1) is 0 Å². The molecule has 65 heavy (non-hydrogen) atoms. The van der Waals surface area contributed by atoms with Gasteiger partial charge in [0.2, 0.25) is 0 Å². The van der Waals surface area contributed by atoms with Crippen molar-refractivity contribution in [3.8, 4) is 89.9 Å². The summed E-state index contributed by atoms with van der Waals surface area (Å²) in [5, 5.41) is 3.23. The first-order valence-electron chi connectivity index (χ1n) is 21.9. The van der Waals surface area contributed by atoms with Crippen molar-refractivity contribution in [2.75, 3.05) is 0 Å². The highest BCUT2D eigenvalue weighted by Crippen LogP contribution is 2.41. The van der Waals surface area contributed by atoms with E-state index in [9.17, 15) is 0 Å². The van der Waals surface area contributed by atoms with Crippen LogP contribution < -0.4 is 0 Å². The van der Waals surface area contributed by atoms with E-state index in [1.54, 1.807) is 0 Å². The molecule has 5 heteroatoms. The molecule has 0 saturated carbocycles. The van der Waals surface area contributed by atoms with Crippen LogP contribution >= 0.6 is 0 Å². The van der Waals surface area contributed by atoms with E-state index in [1.165, 1.54) is 5.56 Å². The smallest absolute Gasteiger partial charge is 0.160 e. The Kier molecular flexibility index (Phi) is 9.42. The SMILES string of the molecule is c1ccc(-c2cccc(-c3cc(-c4ccc(-c5cccc(-c6c(-c7ccccc7)nc7c8c(ccn67)c(-c6ccccc6)nc6ccccc68)c5)cc4)nc(-c4ccccc4)n3)c2)cc1. The molecule has 8 aromatic carbocycles. The number of para-hydroxylation sites is 1. The summed E-state index contributed by atoms with van der Waals surface area (Å²) in [6, 6.07) is 80.4. The van der Waals surface area contributed by atoms with Gasteiger partial charge in [-0.1, -0.05) is 200 Å². The summed E-state index contributed by atoms with van der Waals surface area (Å²) in [4.78, 5) is 21.0. The van der Waals surface area contributed by atoms with Crippen LogP contribution in [0.3, 0.4) is 0 Å². The molecule has 0 bridgehead atoms. The number of nitrogens with zero attached hydrogens (tertiary/aromatic N) is 5. The Balaban J connectivity index is 0.968. The molecule has 0 aliphatic heterocycles. The maximum absolute atomic E-state index is 5.52. The summed E-state index contributed by atoms with van der Waals surface area (Å²) in [7, 11) is 0. The lowest BCUT2D eigenvalue weighted by Crippen LogP contribution is -1.96. The number of hydrogen-bond acceptors (Lipinski definition) is 4. The predicted octanol–water partition coefficient (Wildman–Crippen LogP) is 15.2. The van der Waals surface area contributed by atoms with Gasteiger partial charge < -0.3 is 0 Å². The van der Waals surface area contributed by atoms with E-state index in [0.717, 1.165) is 106 Å². The van der Waals surface area contributed by atoms with Gasteiger partial charge in [-0.2, -0.15) is 0 Å². The van der Waals surface area contributed by atoms with Crippen LogP contribution in [0.25, 0.3) is 117 Å². The average Bonchev–Trinajstić information content (AvgIpc) is 3.79. The number of hydrogen-bond donors (Lipinski definition) is 0. The molecule has 0 radical (unpaired) electrons. The van der Waals surface area contributed by atoms with E-state index >= 15 is 0 Å². The third-order valence-electron chi connectivity index (χ3n) is 12.2. The van der Waals surface area contributed by atoms with Crippen molar-refractivity contribution in [1.82, 2.24) is 24.3 Å². The minimum atomic E-state index is 0.690. The van der Waals surface area contributed by atoms with Gasteiger partial charge in [0, 0.05) is 55.7 Å². The topological polar surface area (TPSA) is 56.0 Å². The minimum absolute atomic E-state index is 0.690. The van der Waals surface area contributed by atoms with Crippen molar-refractivity contribution in [3.63, 3.8) is 0 Å². The molecule has 0 aliphatic rings. The second-order valence-corrected chi connectivity index (χ2v) is 16.2. The molecule has 0 fully saturated rings. The predicted molar refractivity (Wildman–Crippen MR) is 267 cm³/mol. The maximum Gasteiger partial charge on any atom is 0.160 e. The zero-order valence-corrected chi connectivity index (χ0v) is 35.3. The van der Waals surface area contributed by atoms with Crippen LogP contribution in [0.1, 0.15) is 0 Å². The Morgan fingerprint density at radius 2 is 0.785 bits per heavy atom. The Labute approximate surface area is 376 Å². The van der Waals surface area contributed by atoms with Gasteiger partial charge in [0.15, 0.2) is 5.82 Å². The number of fused-ring (bicyclic) bond motifs is 5. The summed E-state index contributed by atoms with van der Waals surface area (Å²) < 4.78 is 2.26. The first-order chi connectivity index (χ1) is 32.2. The molecule has 5 nitrogen and oxygen atoms in total. The van der Waals surface area contributed by atoms with Crippen LogP contribution in [-0.4, -0.2) is 24.3 Å². The van der Waals surface area contributed by atoms with Gasteiger partial charge in [0.1, 0.15) is 5.65 Å². The lowest BCUT2D eigenvalue weighted by atomic mass is 9.97. The van der Waals surface area contributed by atoms with Crippen molar-refractivity contribution < 1.29 is 0 Å². The quantitative estimate of drug-likeness (QED) is 0.143. The van der Waals surface area contributed by atoms with E-state index in [2.05, 4.69) is 211 Å². The standard InChI is InChI=1S/C60H39N5/c1-5-17-40(18-6-1)46-25-15-27-48(37-46)54-39-53(62-59(63-54)45-23-11-4-12-24-45)42-33-31-41(32-34-42)47-26-16-28-49(38-47)58-57(44-21-9-3-10-22-44)64-60-55-50-29-13-14-30-52(50)61-56(43-19-7-2-8-20-43)51(55)35-36-65(58)60/h1-39H. The van der Waals surface area contributed by atoms with E-state index in [0.29, 0.717) is 5.82 Å². The molecule has 4 aromatic heterocycles. The van der Waals surface area contributed by atoms with Crippen molar-refractivity contribution in [2.24, 2.45) is 0 Å². The normalized spacial score (nSPS) is 11.4. The molecule has 0 aliphatic carbocycles. The molecule has 0 unspecified atom stereocenters. The Bertz CT molecular complexity index is 3680. The number of aromatic nitrogens is 5. The second kappa shape index (κ2) is 16.2. The fraction of sp³-hybridized carbons (Fsp3) is 0. The second-order valence-electron chi connectivity index (χ2n) is 16.2. The first kappa shape index (κ1) is 37.9. The van der Waals surface area contributed by atoms with Crippen molar-refractivity contribution in [1.29, 1.82) is 0 Å². The van der Waals surface area contributed by atoms with Crippen LogP contribution in [0.4, 0.5) is 0 Å². The molecular weight excluding hydrogens is 791 g/mol. The Hall–Kier alpha value is -8.80. The number of rotatable bonds is 8. The van der Waals surface area contributed by atoms with Crippen LogP contribution in [0.2, 0.25) is 0 Å². The monoisotopic (exact) mass is 829 g/mol. The van der Waals surface area contributed by atoms with Crippen LogP contribution in [0.5, 0.6) is 0 Å². The van der Waals surface area contributed by atoms with Crippen molar-refractivity contribution >= 4 is 27.3 Å². The third-order valence-corrected chi connectivity index (χ3v) is 12.2. The molecule has 304 valence electrons. The zero-order chi connectivity index (χ0) is 43.1. The number of imidazole rings is 1. The molecule has 12 aromatic rings. The van der Waals surface area contributed by atoms with E-state index in [4.69, 9.17) is 19.9 Å². The summed E-state index contributed by atoms with van der Waals surface area (Å²) in [5.74, 6) is 0.690. The van der Waals surface area contributed by atoms with Gasteiger partial charge in [-0.15, -0.1) is 0 Å². The summed E-state index contributed by atoms with van der Waals surface area (Å²) in [6.45, 7) is 0. The van der Waals surface area contributed by atoms with E-state index < -0.39 is 0 Å². The molecule has 0 N–H and O–H groups in total.